The zero-order chi connectivity index (χ0) is 61.4. The lowest BCUT2D eigenvalue weighted by Gasteiger charge is -2.27. The highest BCUT2D eigenvalue weighted by molar-refractivity contribution is 6.10. The fourth-order valence-electron chi connectivity index (χ4n) is 16.7. The van der Waals surface area contributed by atoms with Crippen LogP contribution in [0, 0.1) is 0 Å². The van der Waals surface area contributed by atoms with Crippen molar-refractivity contribution < 1.29 is 9.15 Å². The van der Waals surface area contributed by atoms with E-state index in [4.69, 9.17) is 0 Å². The first-order valence-corrected chi connectivity index (χ1v) is 32.9. The van der Waals surface area contributed by atoms with E-state index in [0.717, 1.165) is 58.0 Å². The predicted octanol–water partition coefficient (Wildman–Crippen LogP) is 20.4. The van der Waals surface area contributed by atoms with Gasteiger partial charge in [-0.15, -0.1) is 0 Å². The molecule has 0 N–H and O–H groups in total. The molecule has 0 amide bonds. The summed E-state index contributed by atoms with van der Waals surface area (Å²) in [4.78, 5) is 5.22. The van der Waals surface area contributed by atoms with Crippen molar-refractivity contribution in [1.29, 1.82) is 0 Å². The Balaban J connectivity index is 0.735. The number of hydrogen-bond donors (Lipinski definition) is 0. The quantitative estimate of drug-likeness (QED) is 0.0894. The zero-order valence-corrected chi connectivity index (χ0v) is 54.1. The Morgan fingerprint density at radius 3 is 1.06 bits per heavy atom. The monoisotopic (exact) mass is 1160 g/mol. The van der Waals surface area contributed by atoms with E-state index in [0.29, 0.717) is 0 Å². The third-order valence-corrected chi connectivity index (χ3v) is 21.1. The Morgan fingerprint density at radius 1 is 0.371 bits per heavy atom. The summed E-state index contributed by atoms with van der Waals surface area (Å²) in [7, 11) is 4.55. The summed E-state index contributed by atoms with van der Waals surface area (Å²) >= 11 is 0. The Morgan fingerprint density at radius 2 is 0.697 bits per heavy atom. The van der Waals surface area contributed by atoms with Crippen LogP contribution in [0.4, 0.5) is 22.7 Å². The molecule has 89 heavy (non-hydrogen) atoms. The minimum absolute atomic E-state index is 0.157. The van der Waals surface area contributed by atoms with Gasteiger partial charge in [-0.3, -0.25) is 0 Å². The molecular weight excluding hydrogens is 1080 g/mol. The highest BCUT2D eigenvalue weighted by Gasteiger charge is 2.50. The van der Waals surface area contributed by atoms with Gasteiger partial charge in [-0.1, -0.05) is 224 Å². The van der Waals surface area contributed by atoms with Gasteiger partial charge in [-0.2, -0.15) is 9.15 Å². The standard InChI is InChI=1S/C85H86N4/c1-11-13-53-88-72-51-47-62-25-15-19-29-66(62)78(72)82(3,4)74(88)33-23-35-76-84(7,80-68-31-21-17-27-64(68)45-49-70(80)86(76)9)56-60-41-37-58(38-42-60)55-59-39-43-61(44-40-59)57-85(8)77(87(10)71-50-46-65-28-18-22-32-69(65)81(71)85)36-24-34-75-83(5,6)79-67-30-20-16-26-63(67)48-52-73(79)89(75)54-14-12-2/h15-52H,11-14,53-57H2,1-10H3/q+2. The number of nitrogens with zero attached hydrogens (tertiary/aromatic N) is 4. The number of benzene rings is 10. The Kier molecular flexibility index (Phi) is 14.7. The first-order valence-electron chi connectivity index (χ1n) is 32.9. The Hall–Kier alpha value is -8.86. The van der Waals surface area contributed by atoms with Crippen LogP contribution in [0.15, 0.2) is 242 Å². The molecule has 14 rings (SSSR count). The molecule has 10 aromatic rings. The molecule has 0 saturated heterocycles. The van der Waals surface area contributed by atoms with Crippen LogP contribution in [0.25, 0.3) is 43.1 Å². The molecule has 4 heteroatoms. The van der Waals surface area contributed by atoms with E-state index in [9.17, 15) is 0 Å². The van der Waals surface area contributed by atoms with Crippen molar-refractivity contribution in [2.75, 3.05) is 37.0 Å². The van der Waals surface area contributed by atoms with Crippen molar-refractivity contribution in [3.8, 4) is 0 Å². The molecule has 2 atom stereocenters. The molecule has 0 aliphatic carbocycles. The molecule has 2 unspecified atom stereocenters. The second kappa shape index (κ2) is 22.6. The Labute approximate surface area is 528 Å². The van der Waals surface area contributed by atoms with Gasteiger partial charge in [0.1, 0.15) is 14.1 Å². The van der Waals surface area contributed by atoms with Gasteiger partial charge in [0, 0.05) is 82.1 Å². The van der Waals surface area contributed by atoms with E-state index in [1.54, 1.807) is 0 Å². The maximum atomic E-state index is 2.61. The van der Waals surface area contributed by atoms with Gasteiger partial charge < -0.3 is 9.80 Å². The molecule has 444 valence electrons. The zero-order valence-electron chi connectivity index (χ0n) is 54.1. The van der Waals surface area contributed by atoms with Crippen LogP contribution in [0.5, 0.6) is 0 Å². The summed E-state index contributed by atoms with van der Waals surface area (Å²) in [5.41, 5.74) is 20.8. The van der Waals surface area contributed by atoms with Gasteiger partial charge in [0.2, 0.25) is 11.4 Å². The molecule has 0 saturated carbocycles. The van der Waals surface area contributed by atoms with Crippen LogP contribution in [-0.4, -0.2) is 47.8 Å². The summed E-state index contributed by atoms with van der Waals surface area (Å²) in [6.45, 7) is 21.3. The lowest BCUT2D eigenvalue weighted by Crippen LogP contribution is -2.33. The number of unbranched alkanes of at least 4 members (excludes halogenated alkanes) is 2. The van der Waals surface area contributed by atoms with Gasteiger partial charge in [0.15, 0.2) is 11.4 Å². The summed E-state index contributed by atoms with van der Waals surface area (Å²) in [6.07, 6.45) is 21.7. The van der Waals surface area contributed by atoms with Crippen molar-refractivity contribution >= 4 is 77.3 Å². The molecule has 0 aromatic heterocycles. The van der Waals surface area contributed by atoms with Crippen LogP contribution < -0.4 is 9.80 Å². The van der Waals surface area contributed by atoms with Crippen molar-refractivity contribution in [2.24, 2.45) is 0 Å². The highest BCUT2D eigenvalue weighted by atomic mass is 15.2. The van der Waals surface area contributed by atoms with Gasteiger partial charge in [-0.25, -0.2) is 0 Å². The van der Waals surface area contributed by atoms with Crippen molar-refractivity contribution in [3.63, 3.8) is 0 Å². The number of hydrogen-bond acceptors (Lipinski definition) is 2. The van der Waals surface area contributed by atoms with Crippen molar-refractivity contribution in [1.82, 2.24) is 0 Å². The normalized spacial score (nSPS) is 20.1. The molecule has 0 fully saturated rings. The van der Waals surface area contributed by atoms with E-state index in [1.165, 1.54) is 133 Å². The van der Waals surface area contributed by atoms with E-state index >= 15 is 0 Å². The largest absolute Gasteiger partial charge is 0.344 e. The Bertz CT molecular complexity index is 4360. The highest BCUT2D eigenvalue weighted by Crippen LogP contribution is 2.54. The molecule has 10 aromatic carbocycles. The minimum atomic E-state index is -0.282. The summed E-state index contributed by atoms with van der Waals surface area (Å²) in [6, 6.07) is 73.5. The topological polar surface area (TPSA) is 12.5 Å². The molecule has 0 bridgehead atoms. The SMILES string of the molecule is CCCCN1/C(=C/C=C/C2=[N+](C)c3ccc4ccccc4c3C2(C)Cc2ccc(Cc3ccc(CC4(C)C(/C=C/C=C5/N(CCCC)c6ccc7ccccc7c6C5(C)C)=[N+](C)c5ccc6ccccc6c54)cc3)cc2)C(C)(C)c2c1ccc1ccccc21. The minimum Gasteiger partial charge on any atom is -0.344 e. The first-order chi connectivity index (χ1) is 43.1. The van der Waals surface area contributed by atoms with Gasteiger partial charge in [0.05, 0.1) is 10.8 Å². The third-order valence-electron chi connectivity index (χ3n) is 21.1. The van der Waals surface area contributed by atoms with Gasteiger partial charge in [0.25, 0.3) is 0 Å². The number of anilines is 2. The number of allylic oxidation sites excluding steroid dienone is 8. The van der Waals surface area contributed by atoms with Crippen molar-refractivity contribution in [2.45, 2.75) is 122 Å². The second-order valence-corrected chi connectivity index (χ2v) is 27.5. The van der Waals surface area contributed by atoms with E-state index in [2.05, 4.69) is 319 Å². The molecular formula is C85H86N4+2. The van der Waals surface area contributed by atoms with Gasteiger partial charge in [-0.05, 0) is 159 Å². The van der Waals surface area contributed by atoms with E-state index in [-0.39, 0.29) is 21.7 Å². The first kappa shape index (κ1) is 57.9. The fraction of sp³-hybridized carbons (Fsp3) is 0.271. The van der Waals surface area contributed by atoms with E-state index in [1.807, 2.05) is 0 Å². The fourth-order valence-corrected chi connectivity index (χ4v) is 16.7. The molecule has 4 aliphatic rings. The summed E-state index contributed by atoms with van der Waals surface area (Å²) in [5, 5.41) is 10.6. The third kappa shape index (κ3) is 9.63. The number of rotatable bonds is 16. The van der Waals surface area contributed by atoms with Crippen molar-refractivity contribution in [3.05, 3.63) is 286 Å². The molecule has 4 heterocycles. The molecule has 0 radical (unpaired) electrons. The average Bonchev–Trinajstić information content (AvgIpc) is 1.63. The summed E-state index contributed by atoms with van der Waals surface area (Å²) < 4.78 is 4.93. The van der Waals surface area contributed by atoms with Crippen LogP contribution in [-0.2, 0) is 40.9 Å². The molecule has 4 aliphatic heterocycles. The molecule has 0 spiro atoms. The van der Waals surface area contributed by atoms with E-state index < -0.39 is 0 Å². The average molecular weight is 1160 g/mol. The van der Waals surface area contributed by atoms with Crippen LogP contribution >= 0.6 is 0 Å². The predicted molar refractivity (Wildman–Crippen MR) is 380 cm³/mol. The second-order valence-electron chi connectivity index (χ2n) is 27.5. The van der Waals surface area contributed by atoms with Crippen LogP contribution in [0.2, 0.25) is 0 Å². The lowest BCUT2D eigenvalue weighted by atomic mass is 9.72. The van der Waals surface area contributed by atoms with Crippen LogP contribution in [0.1, 0.15) is 126 Å². The van der Waals surface area contributed by atoms with Crippen LogP contribution in [0.3, 0.4) is 0 Å². The maximum Gasteiger partial charge on any atom is 0.210 e. The smallest absolute Gasteiger partial charge is 0.210 e. The number of fused-ring (bicyclic) bond motifs is 12. The summed E-state index contributed by atoms with van der Waals surface area (Å²) in [5.74, 6) is 0. The maximum absolute atomic E-state index is 2.61. The molecule has 4 nitrogen and oxygen atoms in total. The lowest BCUT2D eigenvalue weighted by molar-refractivity contribution is -0.401. The van der Waals surface area contributed by atoms with Gasteiger partial charge >= 0.3 is 0 Å².